The highest BCUT2D eigenvalue weighted by molar-refractivity contribution is 6.14. The molecule has 3 nitrogen and oxygen atoms in total. The minimum absolute atomic E-state index is 0.477. The van der Waals surface area contributed by atoms with Gasteiger partial charge in [-0.15, -0.1) is 58.8 Å². The van der Waals surface area contributed by atoms with Crippen molar-refractivity contribution < 1.29 is 13.4 Å². The van der Waals surface area contributed by atoms with E-state index in [0.717, 1.165) is 5.56 Å². The van der Waals surface area contributed by atoms with Gasteiger partial charge >= 0.3 is 5.65 Å². The van der Waals surface area contributed by atoms with E-state index in [1.165, 1.54) is 85.2 Å². The third kappa shape index (κ3) is 2.16. The number of rotatable bonds is 1. The maximum absolute atomic E-state index is 3.94. The van der Waals surface area contributed by atoms with Crippen LogP contribution in [0.1, 0.15) is 36.9 Å². The van der Waals surface area contributed by atoms with Gasteiger partial charge in [0.25, 0.3) is 0 Å². The van der Waals surface area contributed by atoms with E-state index < -0.39 is 0 Å². The molecule has 2 unspecified atom stereocenters. The number of para-hydroxylation sites is 2. The van der Waals surface area contributed by atoms with Gasteiger partial charge in [0, 0.05) is 11.8 Å². The Morgan fingerprint density at radius 1 is 0.763 bits per heavy atom. The van der Waals surface area contributed by atoms with Crippen molar-refractivity contribution in [1.82, 2.24) is 0 Å². The predicted octanol–water partition coefficient (Wildman–Crippen LogP) is 6.51. The molecule has 0 amide bonds. The number of pyridine rings is 1. The Morgan fingerprint density at radius 3 is 2.58 bits per heavy atom. The van der Waals surface area contributed by atoms with E-state index in [-0.39, 0.29) is 0 Å². The van der Waals surface area contributed by atoms with Crippen LogP contribution in [0.25, 0.3) is 65.8 Å². The van der Waals surface area contributed by atoms with Crippen molar-refractivity contribution in [1.29, 1.82) is 0 Å². The predicted molar refractivity (Wildman–Crippen MR) is 150 cm³/mol. The quantitative estimate of drug-likeness (QED) is 0.142. The van der Waals surface area contributed by atoms with E-state index in [0.29, 0.717) is 12.0 Å². The Morgan fingerprint density at radius 2 is 1.63 bits per heavy atom. The third-order valence-corrected chi connectivity index (χ3v) is 9.46. The normalized spacial score (nSPS) is 18.7. The van der Waals surface area contributed by atoms with Crippen LogP contribution in [0.4, 0.5) is 0 Å². The summed E-state index contributed by atoms with van der Waals surface area (Å²) in [6.07, 6.45) is 7.66. The molecule has 5 heterocycles. The van der Waals surface area contributed by atoms with Gasteiger partial charge in [-0.1, -0.05) is 36.4 Å². The molecule has 8 aromatic rings. The van der Waals surface area contributed by atoms with Gasteiger partial charge in [-0.05, 0) is 29.7 Å². The molecule has 10 rings (SSSR count). The van der Waals surface area contributed by atoms with Crippen molar-refractivity contribution in [2.24, 2.45) is 0 Å². The van der Waals surface area contributed by atoms with Crippen LogP contribution in [0.2, 0.25) is 0 Å². The SMILES string of the molecule is [c-]1c(-c2ccccc2)cc2c3cccc[c-]3[n+]3c4ccc5c6ccccc6[n+]6[c-]5c4[c-]([n+]1c23)C1CCCC16. The lowest BCUT2D eigenvalue weighted by Crippen LogP contribution is -2.49. The largest absolute Gasteiger partial charge is 0.340 e. The van der Waals surface area contributed by atoms with Crippen molar-refractivity contribution in [3.05, 3.63) is 109 Å². The molecule has 1 aliphatic heterocycles. The fourth-order valence-corrected chi connectivity index (χ4v) is 8.04. The van der Waals surface area contributed by atoms with E-state index in [9.17, 15) is 0 Å². The molecular formula is C35H24N3-. The van der Waals surface area contributed by atoms with Crippen molar-refractivity contribution in [2.75, 3.05) is 0 Å². The van der Waals surface area contributed by atoms with Gasteiger partial charge in [0.2, 0.25) is 0 Å². The average Bonchev–Trinajstić information content (AvgIpc) is 3.68. The minimum Gasteiger partial charge on any atom is -0.307 e. The van der Waals surface area contributed by atoms with Gasteiger partial charge in [-0.25, -0.2) is 4.40 Å². The molecule has 38 heavy (non-hydrogen) atoms. The van der Waals surface area contributed by atoms with E-state index >= 15 is 0 Å². The molecular weight excluding hydrogens is 462 g/mol. The lowest BCUT2D eigenvalue weighted by molar-refractivity contribution is -0.682. The fourth-order valence-electron chi connectivity index (χ4n) is 8.04. The Bertz CT molecular complexity index is 2280. The molecule has 2 atom stereocenters. The zero-order valence-electron chi connectivity index (χ0n) is 20.9. The maximum Gasteiger partial charge on any atom is 0.340 e. The van der Waals surface area contributed by atoms with Crippen LogP contribution in [0.3, 0.4) is 0 Å². The monoisotopic (exact) mass is 486 g/mol. The zero-order chi connectivity index (χ0) is 24.5. The number of nitrogens with zero attached hydrogens (tertiary/aromatic N) is 3. The maximum atomic E-state index is 3.94. The first kappa shape index (κ1) is 19.6. The third-order valence-electron chi connectivity index (χ3n) is 9.46. The highest BCUT2D eigenvalue weighted by atomic mass is 15.1. The summed E-state index contributed by atoms with van der Waals surface area (Å²) >= 11 is 0. The lowest BCUT2D eigenvalue weighted by Gasteiger charge is -2.28. The number of hydrogen-bond donors (Lipinski definition) is 0. The summed E-state index contributed by atoms with van der Waals surface area (Å²) in [5, 5.41) is 6.76. The molecule has 0 radical (unpaired) electrons. The molecule has 1 fully saturated rings. The first-order valence-electron chi connectivity index (χ1n) is 13.8. The first-order valence-corrected chi connectivity index (χ1v) is 13.8. The van der Waals surface area contributed by atoms with Crippen LogP contribution in [-0.4, -0.2) is 0 Å². The molecule has 0 N–H and O–H groups in total. The summed E-state index contributed by atoms with van der Waals surface area (Å²) < 4.78 is 7.69. The number of fused-ring (bicyclic) bond motifs is 11. The van der Waals surface area contributed by atoms with Crippen LogP contribution in [0.15, 0.2) is 97.1 Å². The van der Waals surface area contributed by atoms with Gasteiger partial charge in [-0.3, -0.25) is 4.40 Å². The molecule has 180 valence electrons. The number of benzene rings is 4. The fraction of sp³-hybridized carbons (Fsp3) is 0.143. The molecule has 2 aliphatic rings. The van der Waals surface area contributed by atoms with E-state index in [2.05, 4.69) is 117 Å². The van der Waals surface area contributed by atoms with Crippen LogP contribution in [0, 0.1) is 6.20 Å². The average molecular weight is 487 g/mol. The van der Waals surface area contributed by atoms with Gasteiger partial charge in [0.1, 0.15) is 17.1 Å². The second kappa shape index (κ2) is 6.68. The zero-order valence-corrected chi connectivity index (χ0v) is 20.9. The topological polar surface area (TPSA) is 12.1 Å². The molecule has 4 aromatic heterocycles. The highest BCUT2D eigenvalue weighted by Gasteiger charge is 2.43. The van der Waals surface area contributed by atoms with Gasteiger partial charge < -0.3 is 4.57 Å². The Balaban J connectivity index is 1.54. The molecule has 4 aromatic carbocycles. The molecule has 3 heteroatoms. The molecule has 0 saturated heterocycles. The number of aromatic nitrogens is 3. The Kier molecular flexibility index (Phi) is 3.44. The van der Waals surface area contributed by atoms with Crippen LogP contribution in [-0.2, 0) is 0 Å². The van der Waals surface area contributed by atoms with E-state index in [1.54, 1.807) is 0 Å². The van der Waals surface area contributed by atoms with Crippen molar-refractivity contribution in [2.45, 2.75) is 31.2 Å². The van der Waals surface area contributed by atoms with Gasteiger partial charge in [0.05, 0.1) is 28.8 Å². The van der Waals surface area contributed by atoms with Crippen molar-refractivity contribution in [3.8, 4) is 11.1 Å². The molecule has 0 spiro atoms. The second-order valence-corrected chi connectivity index (χ2v) is 11.2. The van der Waals surface area contributed by atoms with Gasteiger partial charge in [0.15, 0.2) is 0 Å². The summed E-state index contributed by atoms with van der Waals surface area (Å²) in [6.45, 7) is 0. The Hall–Kier alpha value is -4.50. The summed E-state index contributed by atoms with van der Waals surface area (Å²) in [7, 11) is 0. The number of hydrogen-bond acceptors (Lipinski definition) is 0. The Labute approximate surface area is 219 Å². The van der Waals surface area contributed by atoms with E-state index in [1.807, 2.05) is 0 Å². The molecule has 0 bridgehead atoms. The summed E-state index contributed by atoms with van der Waals surface area (Å²) in [5.74, 6) is 0.477. The highest BCUT2D eigenvalue weighted by Crippen LogP contribution is 2.48. The summed E-state index contributed by atoms with van der Waals surface area (Å²) in [5.41, 5.74) is 10.5. The van der Waals surface area contributed by atoms with E-state index in [4.69, 9.17) is 0 Å². The standard InChI is InChI=1S/C35H24N3/c1-2-9-21(10-3-1)22-19-27-24-12-5-7-15-29(24)38-31-18-17-25-23-11-4-6-14-28(23)37-30-16-8-13-26(30)33(32(31)34(25)37)36(20-22)35(27)38/h1-7,9-12,14-15,17-19,26,30H,8,13,16H2/q-1. The van der Waals surface area contributed by atoms with Crippen LogP contribution >= 0.6 is 0 Å². The smallest absolute Gasteiger partial charge is 0.307 e. The molecule has 1 aliphatic carbocycles. The first-order chi connectivity index (χ1) is 18.9. The minimum atomic E-state index is 0.477. The van der Waals surface area contributed by atoms with Crippen LogP contribution < -0.4 is 13.4 Å². The van der Waals surface area contributed by atoms with Crippen LogP contribution in [0.5, 0.6) is 0 Å². The summed E-state index contributed by atoms with van der Waals surface area (Å²) in [6, 6.07) is 36.3. The lowest BCUT2D eigenvalue weighted by atomic mass is 9.90. The second-order valence-electron chi connectivity index (χ2n) is 11.2. The van der Waals surface area contributed by atoms with Crippen molar-refractivity contribution >= 4 is 54.6 Å². The van der Waals surface area contributed by atoms with Crippen molar-refractivity contribution in [3.63, 3.8) is 0 Å². The summed E-state index contributed by atoms with van der Waals surface area (Å²) in [4.78, 5) is 0. The van der Waals surface area contributed by atoms with Gasteiger partial charge in [-0.2, -0.15) is 17.7 Å². The molecule has 1 saturated carbocycles.